The Balaban J connectivity index is 2.47. The van der Waals surface area contributed by atoms with Crippen molar-refractivity contribution in [1.29, 1.82) is 0 Å². The van der Waals surface area contributed by atoms with E-state index in [1.54, 1.807) is 0 Å². The Kier molecular flexibility index (Phi) is 3.87. The highest BCUT2D eigenvalue weighted by Gasteiger charge is 2.25. The fraction of sp³-hybridized carbons (Fsp3) is 0.615. The summed E-state index contributed by atoms with van der Waals surface area (Å²) in [6.45, 7) is 3.79. The summed E-state index contributed by atoms with van der Waals surface area (Å²) < 4.78 is 0. The Labute approximate surface area is 113 Å². The molecule has 0 aliphatic heterocycles. The molecule has 1 heterocycles. The van der Waals surface area contributed by atoms with Gasteiger partial charge in [0.1, 0.15) is 0 Å². The lowest BCUT2D eigenvalue weighted by Crippen LogP contribution is -2.33. The van der Waals surface area contributed by atoms with Crippen LogP contribution in [0.5, 0.6) is 0 Å². The zero-order valence-corrected chi connectivity index (χ0v) is 11.7. The second-order valence-corrected chi connectivity index (χ2v) is 5.14. The van der Waals surface area contributed by atoms with Gasteiger partial charge >= 0.3 is 0 Å². The molecule has 0 spiro atoms. The van der Waals surface area contributed by atoms with Crippen LogP contribution >= 0.6 is 0 Å². The SMILES string of the molecule is Cc1nnc(N(C)C2CCCC2)c(/C(N)=N/O)c1C. The van der Waals surface area contributed by atoms with Crippen molar-refractivity contribution in [3.8, 4) is 0 Å². The van der Waals surface area contributed by atoms with E-state index in [0.29, 0.717) is 17.4 Å². The molecule has 1 aromatic rings. The lowest BCUT2D eigenvalue weighted by molar-refractivity contribution is 0.318. The van der Waals surface area contributed by atoms with Gasteiger partial charge in [-0.3, -0.25) is 0 Å². The van der Waals surface area contributed by atoms with E-state index in [4.69, 9.17) is 10.9 Å². The van der Waals surface area contributed by atoms with Gasteiger partial charge in [0.15, 0.2) is 11.7 Å². The number of hydrogen-bond donors (Lipinski definition) is 2. The molecule has 1 aromatic heterocycles. The Morgan fingerprint density at radius 2 is 1.95 bits per heavy atom. The predicted octanol–water partition coefficient (Wildman–Crippen LogP) is 1.57. The molecule has 6 nitrogen and oxygen atoms in total. The molecule has 19 heavy (non-hydrogen) atoms. The van der Waals surface area contributed by atoms with E-state index >= 15 is 0 Å². The monoisotopic (exact) mass is 263 g/mol. The van der Waals surface area contributed by atoms with Crippen LogP contribution in [0.4, 0.5) is 5.82 Å². The molecular weight excluding hydrogens is 242 g/mol. The molecule has 0 aromatic carbocycles. The van der Waals surface area contributed by atoms with Gasteiger partial charge in [0, 0.05) is 13.1 Å². The van der Waals surface area contributed by atoms with Crippen molar-refractivity contribution in [1.82, 2.24) is 10.2 Å². The van der Waals surface area contributed by atoms with Crippen LogP contribution in [0.3, 0.4) is 0 Å². The smallest absolute Gasteiger partial charge is 0.174 e. The van der Waals surface area contributed by atoms with Gasteiger partial charge in [-0.2, -0.15) is 5.10 Å². The minimum Gasteiger partial charge on any atom is -0.409 e. The molecule has 0 unspecified atom stereocenters. The van der Waals surface area contributed by atoms with E-state index in [2.05, 4.69) is 20.3 Å². The molecule has 6 heteroatoms. The van der Waals surface area contributed by atoms with Crippen molar-refractivity contribution in [2.24, 2.45) is 10.9 Å². The minimum atomic E-state index is 0.0929. The number of oxime groups is 1. The van der Waals surface area contributed by atoms with Crippen LogP contribution in [0.15, 0.2) is 5.16 Å². The summed E-state index contributed by atoms with van der Waals surface area (Å²) in [5.74, 6) is 0.792. The third-order valence-corrected chi connectivity index (χ3v) is 4.01. The van der Waals surface area contributed by atoms with Crippen molar-refractivity contribution in [3.05, 3.63) is 16.8 Å². The highest BCUT2D eigenvalue weighted by molar-refractivity contribution is 6.02. The fourth-order valence-electron chi connectivity index (χ4n) is 2.66. The predicted molar refractivity (Wildman–Crippen MR) is 74.7 cm³/mol. The number of rotatable bonds is 3. The molecule has 0 atom stereocenters. The van der Waals surface area contributed by atoms with Gasteiger partial charge in [-0.1, -0.05) is 18.0 Å². The first-order valence-corrected chi connectivity index (χ1v) is 6.61. The molecule has 104 valence electrons. The fourth-order valence-corrected chi connectivity index (χ4v) is 2.66. The van der Waals surface area contributed by atoms with Crippen molar-refractivity contribution in [3.63, 3.8) is 0 Å². The highest BCUT2D eigenvalue weighted by atomic mass is 16.4. The molecule has 1 aliphatic carbocycles. The Morgan fingerprint density at radius 3 is 2.53 bits per heavy atom. The van der Waals surface area contributed by atoms with Gasteiger partial charge in [-0.25, -0.2) is 0 Å². The number of amidine groups is 1. The van der Waals surface area contributed by atoms with E-state index < -0.39 is 0 Å². The minimum absolute atomic E-state index is 0.0929. The second kappa shape index (κ2) is 5.42. The van der Waals surface area contributed by atoms with E-state index in [1.165, 1.54) is 12.8 Å². The molecule has 1 fully saturated rings. The number of nitrogens with two attached hydrogens (primary N) is 1. The van der Waals surface area contributed by atoms with Gasteiger partial charge in [0.25, 0.3) is 0 Å². The van der Waals surface area contributed by atoms with Crippen LogP contribution in [-0.4, -0.2) is 34.3 Å². The van der Waals surface area contributed by atoms with Crippen LogP contribution in [-0.2, 0) is 0 Å². The van der Waals surface area contributed by atoms with Crippen LogP contribution < -0.4 is 10.6 Å². The Morgan fingerprint density at radius 1 is 1.32 bits per heavy atom. The summed E-state index contributed by atoms with van der Waals surface area (Å²) in [6.07, 6.45) is 4.79. The molecule has 0 bridgehead atoms. The molecule has 3 N–H and O–H groups in total. The van der Waals surface area contributed by atoms with E-state index in [9.17, 15) is 0 Å². The maximum atomic E-state index is 8.97. The average Bonchev–Trinajstić information content (AvgIpc) is 2.94. The lowest BCUT2D eigenvalue weighted by atomic mass is 10.1. The van der Waals surface area contributed by atoms with Crippen LogP contribution in [0.25, 0.3) is 0 Å². The maximum absolute atomic E-state index is 8.97. The number of aromatic nitrogens is 2. The number of aryl methyl sites for hydroxylation is 1. The van der Waals surface area contributed by atoms with Gasteiger partial charge in [-0.15, -0.1) is 5.10 Å². The summed E-state index contributed by atoms with van der Waals surface area (Å²) in [7, 11) is 2.00. The standard InChI is InChI=1S/C13H21N5O/c1-8-9(2)15-16-13(11(8)12(14)17-19)18(3)10-6-4-5-7-10/h10,19H,4-7H2,1-3H3,(H2,14,17). The first-order chi connectivity index (χ1) is 9.06. The topological polar surface area (TPSA) is 87.6 Å². The Hall–Kier alpha value is -1.85. The summed E-state index contributed by atoms with van der Waals surface area (Å²) in [5.41, 5.74) is 8.20. The van der Waals surface area contributed by atoms with Gasteiger partial charge in [0.05, 0.1) is 11.3 Å². The van der Waals surface area contributed by atoms with Crippen LogP contribution in [0.2, 0.25) is 0 Å². The number of anilines is 1. The maximum Gasteiger partial charge on any atom is 0.174 e. The number of hydrogen-bond acceptors (Lipinski definition) is 5. The third kappa shape index (κ3) is 2.47. The third-order valence-electron chi connectivity index (χ3n) is 4.01. The van der Waals surface area contributed by atoms with Gasteiger partial charge < -0.3 is 15.8 Å². The summed E-state index contributed by atoms with van der Waals surface area (Å²) in [4.78, 5) is 2.11. The van der Waals surface area contributed by atoms with Crippen molar-refractivity contribution in [2.75, 3.05) is 11.9 Å². The molecule has 0 amide bonds. The molecule has 2 rings (SSSR count). The molecular formula is C13H21N5O. The van der Waals surface area contributed by atoms with Crippen LogP contribution in [0, 0.1) is 13.8 Å². The van der Waals surface area contributed by atoms with E-state index in [1.807, 2.05) is 20.9 Å². The zero-order valence-electron chi connectivity index (χ0n) is 11.7. The summed E-state index contributed by atoms with van der Waals surface area (Å²) in [6, 6.07) is 0.460. The summed E-state index contributed by atoms with van der Waals surface area (Å²) >= 11 is 0. The van der Waals surface area contributed by atoms with Crippen LogP contribution in [0.1, 0.15) is 42.5 Å². The Bertz CT molecular complexity index is 494. The van der Waals surface area contributed by atoms with Gasteiger partial charge in [-0.05, 0) is 32.3 Å². The molecule has 1 saturated carbocycles. The quantitative estimate of drug-likeness (QED) is 0.374. The lowest BCUT2D eigenvalue weighted by Gasteiger charge is -2.27. The van der Waals surface area contributed by atoms with Crippen molar-refractivity contribution in [2.45, 2.75) is 45.6 Å². The second-order valence-electron chi connectivity index (χ2n) is 5.14. The number of nitrogens with zero attached hydrogens (tertiary/aromatic N) is 4. The summed E-state index contributed by atoms with van der Waals surface area (Å²) in [5, 5.41) is 20.5. The average molecular weight is 263 g/mol. The molecule has 1 aliphatic rings. The van der Waals surface area contributed by atoms with Crippen molar-refractivity contribution < 1.29 is 5.21 Å². The van der Waals surface area contributed by atoms with E-state index in [0.717, 1.165) is 24.1 Å². The van der Waals surface area contributed by atoms with Crippen molar-refractivity contribution >= 4 is 11.7 Å². The zero-order chi connectivity index (χ0) is 14.0. The normalized spacial score (nSPS) is 16.9. The first kappa shape index (κ1) is 13.6. The molecule has 0 radical (unpaired) electrons. The van der Waals surface area contributed by atoms with Gasteiger partial charge in [0.2, 0.25) is 0 Å². The molecule has 0 saturated heterocycles. The highest BCUT2D eigenvalue weighted by Crippen LogP contribution is 2.29. The first-order valence-electron chi connectivity index (χ1n) is 6.61. The van der Waals surface area contributed by atoms with E-state index in [-0.39, 0.29) is 5.84 Å². The largest absolute Gasteiger partial charge is 0.409 e.